The van der Waals surface area contributed by atoms with Gasteiger partial charge in [0, 0.05) is 56.9 Å². The van der Waals surface area contributed by atoms with Crippen molar-refractivity contribution in [3.8, 4) is 12.3 Å². The predicted molar refractivity (Wildman–Crippen MR) is 311 cm³/mol. The average molecular weight is 1120 g/mol. The second-order valence-corrected chi connectivity index (χ2v) is 23.2. The first kappa shape index (κ1) is 72.4. The molecule has 80 heavy (non-hydrogen) atoms. The first-order chi connectivity index (χ1) is 38.0. The van der Waals surface area contributed by atoms with Crippen molar-refractivity contribution in [2.45, 2.75) is 185 Å². The highest BCUT2D eigenvalue weighted by Gasteiger charge is 2.38. The summed E-state index contributed by atoms with van der Waals surface area (Å²) in [6, 6.07) is 0. The lowest BCUT2D eigenvalue weighted by Gasteiger charge is -2.30. The molecular formula is C62H98N6O12. The number of carbonyl (C=O) groups excluding carboxylic acids is 6. The van der Waals surface area contributed by atoms with Crippen LogP contribution in [0.3, 0.4) is 0 Å². The van der Waals surface area contributed by atoms with Gasteiger partial charge in [0.2, 0.25) is 0 Å². The Bertz CT molecular complexity index is 2200. The second kappa shape index (κ2) is 41.4. The fourth-order valence-electron chi connectivity index (χ4n) is 9.25. The third-order valence-corrected chi connectivity index (χ3v) is 13.1. The van der Waals surface area contributed by atoms with Crippen LogP contribution in [0.1, 0.15) is 178 Å². The Labute approximate surface area is 478 Å². The number of ether oxygens (including phenoxy) is 6. The highest BCUT2D eigenvalue weighted by Crippen LogP contribution is 2.38. The molecule has 0 aliphatic heterocycles. The maximum absolute atomic E-state index is 12.8. The van der Waals surface area contributed by atoms with Gasteiger partial charge in [-0.2, -0.15) is 0 Å². The number of nitrogens with zero attached hydrogens (tertiary/aromatic N) is 6. The van der Waals surface area contributed by atoms with Gasteiger partial charge in [-0.1, -0.05) is 135 Å². The summed E-state index contributed by atoms with van der Waals surface area (Å²) in [5.41, 5.74) is 11.4. The van der Waals surface area contributed by atoms with Crippen molar-refractivity contribution in [3.05, 3.63) is 69.9 Å². The van der Waals surface area contributed by atoms with Crippen molar-refractivity contribution in [1.29, 1.82) is 0 Å². The minimum absolute atomic E-state index is 0.00143. The molecule has 2 atom stereocenters. The van der Waals surface area contributed by atoms with Crippen molar-refractivity contribution in [1.82, 2.24) is 15.0 Å². The summed E-state index contributed by atoms with van der Waals surface area (Å²) < 4.78 is 34.0. The Hall–Kier alpha value is -5.57. The molecule has 0 unspecified atom stereocenters. The number of rotatable bonds is 37. The Morgan fingerprint density at radius 3 is 1.55 bits per heavy atom. The van der Waals surface area contributed by atoms with Crippen LogP contribution in [-0.2, 0) is 70.3 Å². The summed E-state index contributed by atoms with van der Waals surface area (Å²) in [4.78, 5) is 76.4. The van der Waals surface area contributed by atoms with Gasteiger partial charge in [0.1, 0.15) is 19.8 Å². The molecule has 448 valence electrons. The van der Waals surface area contributed by atoms with E-state index in [1.165, 1.54) is 0 Å². The number of unbranched alkanes of at least 4 members (excludes halogenated alkanes) is 2. The number of hydrogen-bond acceptors (Lipinski definition) is 15. The normalized spacial score (nSPS) is 15.4. The number of hydrogen-bond donors (Lipinski definition) is 0. The van der Waals surface area contributed by atoms with E-state index in [2.05, 4.69) is 67.1 Å². The van der Waals surface area contributed by atoms with Crippen LogP contribution in [0.4, 0.5) is 0 Å². The molecule has 2 aliphatic rings. The zero-order valence-corrected chi connectivity index (χ0v) is 50.4. The Morgan fingerprint density at radius 1 is 0.688 bits per heavy atom. The van der Waals surface area contributed by atoms with Crippen LogP contribution in [0, 0.1) is 46.8 Å². The van der Waals surface area contributed by atoms with E-state index in [0.717, 1.165) is 87.5 Å². The zero-order valence-electron chi connectivity index (χ0n) is 50.4. The summed E-state index contributed by atoms with van der Waals surface area (Å²) in [6.07, 6.45) is 21.2. The smallest absolute Gasteiger partial charge is 0.308 e. The maximum Gasteiger partial charge on any atom is 0.308 e. The van der Waals surface area contributed by atoms with E-state index in [1.807, 2.05) is 46.2 Å². The molecule has 1 aromatic heterocycles. The standard InChI is InChI=1S/C31H49N3O6.C21H32O4.C10H17N3O2/c1-7-14-40-30(37)24(4)11-8-9-13-34-26(21-32-33-34)22-39-17-16-38-15-10-12-25(18-23(2)3)29-27(35)19-31(5,6)20-28(29)36;1-6-9-24-11-12-25-10-7-8-17(13-16(2)3)20-18(22)14-21(4,5)15-19(20)23;1-3-8-15-10(14)9(2)6-4-5-7-12-13-11/h7,21,23-24H,1,8-20,22H2,2-6H3;1,16H,7-15H2,2-5H3;3,9H,1,4-8H2,2H3/t24-;;9-/m0.0/s1. The molecule has 0 spiro atoms. The van der Waals surface area contributed by atoms with E-state index in [0.29, 0.717) is 121 Å². The van der Waals surface area contributed by atoms with Crippen LogP contribution < -0.4 is 0 Å². The molecule has 18 nitrogen and oxygen atoms in total. The molecule has 18 heteroatoms. The quantitative estimate of drug-likeness (QED) is 0.00693. The van der Waals surface area contributed by atoms with E-state index in [1.54, 1.807) is 18.3 Å². The van der Waals surface area contributed by atoms with Crippen molar-refractivity contribution < 1.29 is 57.2 Å². The zero-order chi connectivity index (χ0) is 59.9. The molecule has 2 aliphatic carbocycles. The van der Waals surface area contributed by atoms with Gasteiger partial charge in [0.15, 0.2) is 23.1 Å². The van der Waals surface area contributed by atoms with Crippen molar-refractivity contribution in [2.24, 2.45) is 39.6 Å². The predicted octanol–water partition coefficient (Wildman–Crippen LogP) is 12.0. The van der Waals surface area contributed by atoms with Crippen molar-refractivity contribution in [3.63, 3.8) is 0 Å². The lowest BCUT2D eigenvalue weighted by atomic mass is 9.72. The molecule has 0 amide bonds. The van der Waals surface area contributed by atoms with Gasteiger partial charge in [0.25, 0.3) is 0 Å². The number of esters is 2. The molecule has 3 rings (SSSR count). The van der Waals surface area contributed by atoms with E-state index in [9.17, 15) is 28.8 Å². The van der Waals surface area contributed by atoms with E-state index in [-0.39, 0.29) is 71.0 Å². The fourth-order valence-corrected chi connectivity index (χ4v) is 9.25. The topological polar surface area (TPSA) is 237 Å². The summed E-state index contributed by atoms with van der Waals surface area (Å²) in [5.74, 6) is 2.60. The molecule has 0 bridgehead atoms. The van der Waals surface area contributed by atoms with Gasteiger partial charge in [-0.15, -0.1) is 11.5 Å². The van der Waals surface area contributed by atoms with Crippen LogP contribution in [0.2, 0.25) is 0 Å². The number of aryl methyl sites for hydroxylation is 1. The van der Waals surface area contributed by atoms with Crippen molar-refractivity contribution in [2.75, 3.05) is 66.0 Å². The van der Waals surface area contributed by atoms with Crippen LogP contribution in [-0.4, -0.2) is 116 Å². The third kappa shape index (κ3) is 32.0. The van der Waals surface area contributed by atoms with Crippen LogP contribution in [0.5, 0.6) is 0 Å². The molecule has 0 saturated heterocycles. The Morgan fingerprint density at radius 2 is 1.12 bits per heavy atom. The molecule has 1 heterocycles. The van der Waals surface area contributed by atoms with Crippen LogP contribution in [0.25, 0.3) is 10.4 Å². The number of ketones is 4. The largest absolute Gasteiger partial charge is 0.461 e. The molecule has 0 aromatic carbocycles. The van der Waals surface area contributed by atoms with E-state index < -0.39 is 0 Å². The van der Waals surface area contributed by atoms with Gasteiger partial charge in [0.05, 0.1) is 67.9 Å². The first-order valence-corrected chi connectivity index (χ1v) is 28.8. The Balaban J connectivity index is 0.000000678. The molecular weight excluding hydrogens is 1020 g/mol. The first-order valence-electron chi connectivity index (χ1n) is 28.8. The summed E-state index contributed by atoms with van der Waals surface area (Å²) in [5, 5.41) is 11.6. The van der Waals surface area contributed by atoms with Gasteiger partial charge in [-0.3, -0.25) is 28.8 Å². The van der Waals surface area contributed by atoms with Crippen LogP contribution >= 0.6 is 0 Å². The SMILES string of the molecule is C#CCOCCOCCCC(CC(C)C)=C1C(=O)CC(C)(C)CC1=O.C=CCOC(=O)[C@@H](C)CCCCN=[N+]=[N-].C=CCOC(=O)[C@@H](C)CCCCn1nncc1COCCOCCCC(CC(C)C)=C1C(=O)CC(C)(C)CC1=O. The monoisotopic (exact) mass is 1120 g/mol. The molecule has 0 radical (unpaired) electrons. The number of terminal acetylenes is 1. The lowest BCUT2D eigenvalue weighted by molar-refractivity contribution is -0.147. The number of Topliss-reactive ketones (excluding diaryl/α,β-unsaturated/α-hetero) is 4. The van der Waals surface area contributed by atoms with E-state index in [4.69, 9.17) is 40.4 Å². The van der Waals surface area contributed by atoms with Gasteiger partial charge in [-0.05, 0) is 92.4 Å². The van der Waals surface area contributed by atoms with Gasteiger partial charge in [-0.25, -0.2) is 4.68 Å². The van der Waals surface area contributed by atoms with Crippen LogP contribution in [0.15, 0.2) is 58.9 Å². The minimum atomic E-state index is -0.251. The molecule has 2 fully saturated rings. The second-order valence-electron chi connectivity index (χ2n) is 23.2. The number of allylic oxidation sites excluding steroid dienone is 4. The summed E-state index contributed by atoms with van der Waals surface area (Å²) in [7, 11) is 0. The highest BCUT2D eigenvalue weighted by molar-refractivity contribution is 6.23. The fraction of sp³-hybridized carbons (Fsp3) is 0.710. The molecule has 0 N–H and O–H groups in total. The lowest BCUT2D eigenvalue weighted by Crippen LogP contribution is -2.32. The van der Waals surface area contributed by atoms with Gasteiger partial charge >= 0.3 is 11.9 Å². The van der Waals surface area contributed by atoms with Crippen molar-refractivity contribution >= 4 is 35.1 Å². The van der Waals surface area contributed by atoms with Gasteiger partial charge < -0.3 is 28.4 Å². The maximum atomic E-state index is 12.8. The number of azide groups is 1. The number of carbonyl (C=O) groups is 6. The van der Waals surface area contributed by atoms with E-state index >= 15 is 0 Å². The number of aromatic nitrogens is 3. The summed E-state index contributed by atoms with van der Waals surface area (Å²) >= 11 is 0. The summed E-state index contributed by atoms with van der Waals surface area (Å²) in [6.45, 7) is 32.5. The average Bonchev–Trinajstić information content (AvgIpc) is 3.84. The Kier molecular flexibility index (Phi) is 37.5. The minimum Gasteiger partial charge on any atom is -0.461 e. The molecule has 1 aromatic rings. The highest BCUT2D eigenvalue weighted by atomic mass is 16.5. The third-order valence-electron chi connectivity index (χ3n) is 13.1. The molecule has 2 saturated carbocycles.